The second kappa shape index (κ2) is 5.98. The summed E-state index contributed by atoms with van der Waals surface area (Å²) in [5.74, 6) is 1.17. The molecule has 0 fully saturated rings. The minimum atomic E-state index is 0.529. The molecule has 1 heterocycles. The van der Waals surface area contributed by atoms with Crippen molar-refractivity contribution in [1.29, 1.82) is 0 Å². The van der Waals surface area contributed by atoms with Crippen LogP contribution in [-0.4, -0.2) is 23.3 Å². The molecule has 5 heteroatoms. The summed E-state index contributed by atoms with van der Waals surface area (Å²) < 4.78 is 5.63. The highest BCUT2D eigenvalue weighted by molar-refractivity contribution is 6.31. The fourth-order valence-corrected chi connectivity index (χ4v) is 1.85. The first-order valence-electron chi connectivity index (χ1n) is 6.01. The van der Waals surface area contributed by atoms with Gasteiger partial charge in [0.15, 0.2) is 0 Å². The van der Waals surface area contributed by atoms with Gasteiger partial charge in [0.05, 0.1) is 0 Å². The molecule has 0 aliphatic rings. The Balaban J connectivity index is 2.16. The fraction of sp³-hybridized carbons (Fsp3) is 0.385. The van der Waals surface area contributed by atoms with Crippen molar-refractivity contribution < 1.29 is 4.42 Å². The summed E-state index contributed by atoms with van der Waals surface area (Å²) in [6.07, 6.45) is 0.737. The van der Waals surface area contributed by atoms with Crippen molar-refractivity contribution in [1.82, 2.24) is 15.5 Å². The second-order valence-electron chi connectivity index (χ2n) is 4.02. The molecule has 0 atom stereocenters. The second-order valence-corrected chi connectivity index (χ2v) is 4.42. The molecule has 0 unspecified atom stereocenters. The van der Waals surface area contributed by atoms with Gasteiger partial charge in [-0.2, -0.15) is 0 Å². The van der Waals surface area contributed by atoms with E-state index in [9.17, 15) is 0 Å². The lowest BCUT2D eigenvalue weighted by Gasteiger charge is -2.02. The molecule has 0 bridgehead atoms. The van der Waals surface area contributed by atoms with Gasteiger partial charge in [-0.25, -0.2) is 0 Å². The van der Waals surface area contributed by atoms with E-state index in [1.165, 1.54) is 0 Å². The summed E-state index contributed by atoms with van der Waals surface area (Å²) in [5.41, 5.74) is 1.85. The van der Waals surface area contributed by atoms with E-state index in [2.05, 4.69) is 22.4 Å². The summed E-state index contributed by atoms with van der Waals surface area (Å²) in [5, 5.41) is 12.0. The highest BCUT2D eigenvalue weighted by Gasteiger charge is 2.11. The number of nitrogens with zero attached hydrogens (tertiary/aromatic N) is 2. The summed E-state index contributed by atoms with van der Waals surface area (Å²) >= 11 is 6.07. The molecule has 2 rings (SSSR count). The molecule has 2 aromatic rings. The van der Waals surface area contributed by atoms with E-state index in [0.717, 1.165) is 30.6 Å². The normalized spacial score (nSPS) is 10.8. The molecule has 0 saturated carbocycles. The number of halogens is 1. The molecule has 0 amide bonds. The first-order chi connectivity index (χ1) is 8.72. The quantitative estimate of drug-likeness (QED) is 0.845. The van der Waals surface area contributed by atoms with Gasteiger partial charge in [0.1, 0.15) is 0 Å². The molecule has 0 radical (unpaired) electrons. The van der Waals surface area contributed by atoms with Gasteiger partial charge in [-0.1, -0.05) is 24.6 Å². The summed E-state index contributed by atoms with van der Waals surface area (Å²) in [6, 6.07) is 5.67. The van der Waals surface area contributed by atoms with E-state index in [1.54, 1.807) is 0 Å². The smallest absolute Gasteiger partial charge is 0.248 e. The molecule has 1 aromatic carbocycles. The number of nitrogens with one attached hydrogen (secondary N) is 1. The minimum absolute atomic E-state index is 0.529. The number of likely N-dealkylation sites (N-methyl/N-ethyl adjacent to an activating group) is 1. The Morgan fingerprint density at radius 2 is 2.17 bits per heavy atom. The van der Waals surface area contributed by atoms with Crippen LogP contribution >= 0.6 is 11.6 Å². The maximum atomic E-state index is 6.07. The summed E-state index contributed by atoms with van der Waals surface area (Å²) in [7, 11) is 0. The van der Waals surface area contributed by atoms with Crippen molar-refractivity contribution in [3.8, 4) is 11.5 Å². The number of aromatic nitrogens is 2. The van der Waals surface area contributed by atoms with E-state index in [4.69, 9.17) is 16.0 Å². The predicted octanol–water partition coefficient (Wildman–Crippen LogP) is 2.85. The highest BCUT2D eigenvalue weighted by Crippen LogP contribution is 2.27. The predicted molar refractivity (Wildman–Crippen MR) is 71.7 cm³/mol. The Kier molecular flexibility index (Phi) is 4.33. The van der Waals surface area contributed by atoms with Crippen molar-refractivity contribution in [3.05, 3.63) is 34.7 Å². The van der Waals surface area contributed by atoms with Crippen LogP contribution in [0.5, 0.6) is 0 Å². The van der Waals surface area contributed by atoms with Crippen LogP contribution < -0.4 is 5.32 Å². The molecule has 0 aliphatic carbocycles. The number of hydrogen-bond acceptors (Lipinski definition) is 4. The zero-order valence-electron chi connectivity index (χ0n) is 10.5. The van der Waals surface area contributed by atoms with E-state index in [0.29, 0.717) is 16.8 Å². The van der Waals surface area contributed by atoms with E-state index in [-0.39, 0.29) is 0 Å². The maximum absolute atomic E-state index is 6.07. The van der Waals surface area contributed by atoms with Gasteiger partial charge in [-0.05, 0) is 31.2 Å². The third-order valence-corrected chi connectivity index (χ3v) is 3.14. The first-order valence-corrected chi connectivity index (χ1v) is 6.38. The van der Waals surface area contributed by atoms with Crippen LogP contribution in [0.3, 0.4) is 0 Å². The number of rotatable bonds is 5. The van der Waals surface area contributed by atoms with Crippen LogP contribution in [-0.2, 0) is 6.42 Å². The Morgan fingerprint density at radius 1 is 1.33 bits per heavy atom. The third kappa shape index (κ3) is 2.89. The SMILES string of the molecule is CCNCCc1nnc(-c2cccc(Cl)c2C)o1. The first kappa shape index (κ1) is 13.1. The van der Waals surface area contributed by atoms with Crippen LogP contribution in [0.2, 0.25) is 5.02 Å². The lowest BCUT2D eigenvalue weighted by atomic mass is 10.1. The van der Waals surface area contributed by atoms with Crippen LogP contribution in [0.4, 0.5) is 0 Å². The Bertz CT molecular complexity index is 525. The van der Waals surface area contributed by atoms with Gasteiger partial charge in [-0.15, -0.1) is 10.2 Å². The molecule has 4 nitrogen and oxygen atoms in total. The van der Waals surface area contributed by atoms with Gasteiger partial charge in [-0.3, -0.25) is 0 Å². The van der Waals surface area contributed by atoms with Crippen molar-refractivity contribution in [2.45, 2.75) is 20.3 Å². The maximum Gasteiger partial charge on any atom is 0.248 e. The fourth-order valence-electron chi connectivity index (χ4n) is 1.67. The zero-order chi connectivity index (χ0) is 13.0. The van der Waals surface area contributed by atoms with Crippen LogP contribution in [0.25, 0.3) is 11.5 Å². The molecule has 18 heavy (non-hydrogen) atoms. The molecule has 0 saturated heterocycles. The van der Waals surface area contributed by atoms with Gasteiger partial charge in [0.25, 0.3) is 0 Å². The van der Waals surface area contributed by atoms with Crippen molar-refractivity contribution in [3.63, 3.8) is 0 Å². The largest absolute Gasteiger partial charge is 0.421 e. The van der Waals surface area contributed by atoms with Gasteiger partial charge in [0.2, 0.25) is 11.8 Å². The number of benzene rings is 1. The lowest BCUT2D eigenvalue weighted by Crippen LogP contribution is -2.16. The zero-order valence-corrected chi connectivity index (χ0v) is 11.3. The molecule has 96 valence electrons. The van der Waals surface area contributed by atoms with E-state index in [1.807, 2.05) is 25.1 Å². The molecular formula is C13H16ClN3O. The third-order valence-electron chi connectivity index (χ3n) is 2.73. The Morgan fingerprint density at radius 3 is 2.94 bits per heavy atom. The Labute approximate surface area is 111 Å². The van der Waals surface area contributed by atoms with Crippen molar-refractivity contribution in [2.75, 3.05) is 13.1 Å². The molecule has 1 aromatic heterocycles. The summed E-state index contributed by atoms with van der Waals surface area (Å²) in [4.78, 5) is 0. The number of hydrogen-bond donors (Lipinski definition) is 1. The molecule has 0 aliphatic heterocycles. The monoisotopic (exact) mass is 265 g/mol. The molecule has 1 N–H and O–H groups in total. The summed E-state index contributed by atoms with van der Waals surface area (Å²) in [6.45, 7) is 5.79. The standard InChI is InChI=1S/C13H16ClN3O/c1-3-15-8-7-12-16-17-13(18-12)10-5-4-6-11(14)9(10)2/h4-6,15H,3,7-8H2,1-2H3. The van der Waals surface area contributed by atoms with Crippen LogP contribution in [0.15, 0.2) is 22.6 Å². The molecule has 0 spiro atoms. The van der Waals surface area contributed by atoms with Gasteiger partial charge < -0.3 is 9.73 Å². The highest BCUT2D eigenvalue weighted by atomic mass is 35.5. The molecular weight excluding hydrogens is 250 g/mol. The van der Waals surface area contributed by atoms with Gasteiger partial charge >= 0.3 is 0 Å². The minimum Gasteiger partial charge on any atom is -0.421 e. The average molecular weight is 266 g/mol. The van der Waals surface area contributed by atoms with E-state index < -0.39 is 0 Å². The van der Waals surface area contributed by atoms with E-state index >= 15 is 0 Å². The Hall–Kier alpha value is -1.39. The average Bonchev–Trinajstić information content (AvgIpc) is 2.82. The van der Waals surface area contributed by atoms with Crippen LogP contribution in [0, 0.1) is 6.92 Å². The van der Waals surface area contributed by atoms with Crippen molar-refractivity contribution in [2.24, 2.45) is 0 Å². The van der Waals surface area contributed by atoms with Crippen molar-refractivity contribution >= 4 is 11.6 Å². The van der Waals surface area contributed by atoms with Gasteiger partial charge in [0, 0.05) is 23.6 Å². The topological polar surface area (TPSA) is 51.0 Å². The lowest BCUT2D eigenvalue weighted by molar-refractivity contribution is 0.496. The van der Waals surface area contributed by atoms with Crippen LogP contribution in [0.1, 0.15) is 18.4 Å².